The van der Waals surface area contributed by atoms with E-state index in [9.17, 15) is 8.42 Å². The van der Waals surface area contributed by atoms with Crippen LogP contribution in [0.15, 0.2) is 102 Å². The highest BCUT2D eigenvalue weighted by Crippen LogP contribution is 2.55. The number of hydrogen-bond acceptors (Lipinski definition) is 9. The fraction of sp³-hybridized carbons (Fsp3) is 0.235. The van der Waals surface area contributed by atoms with E-state index in [2.05, 4.69) is 21.0 Å². The van der Waals surface area contributed by atoms with Gasteiger partial charge in [-0.25, -0.2) is 12.7 Å². The highest BCUT2D eigenvalue weighted by Gasteiger charge is 2.62. The second kappa shape index (κ2) is 11.3. The molecule has 3 aliphatic heterocycles. The molecular weight excluding hydrogens is 628 g/mol. The van der Waals surface area contributed by atoms with Crippen LogP contribution in [-0.2, 0) is 20.4 Å². The molecule has 236 valence electrons. The van der Waals surface area contributed by atoms with Gasteiger partial charge in [-0.05, 0) is 54.1 Å². The summed E-state index contributed by atoms with van der Waals surface area (Å²) in [4.78, 5) is 23.5. The van der Waals surface area contributed by atoms with Crippen LogP contribution in [0, 0.1) is 5.92 Å². The van der Waals surface area contributed by atoms with Crippen LogP contribution >= 0.6 is 11.6 Å². The van der Waals surface area contributed by atoms with E-state index < -0.39 is 21.5 Å². The lowest BCUT2D eigenvalue weighted by molar-refractivity contribution is -0.126. The third-order valence-electron chi connectivity index (χ3n) is 8.99. The maximum absolute atomic E-state index is 15.3. The number of aromatic nitrogens is 1. The largest absolute Gasteiger partial charge is 0.497 e. The molecule has 2 atom stereocenters. The first-order chi connectivity index (χ1) is 22.2. The summed E-state index contributed by atoms with van der Waals surface area (Å²) in [6, 6.07) is 20.4. The molecule has 0 spiro atoms. The van der Waals surface area contributed by atoms with Gasteiger partial charge in [0.1, 0.15) is 22.1 Å². The Hall–Kier alpha value is -4.58. The first-order valence-corrected chi connectivity index (χ1v) is 16.4. The number of para-hydroxylation sites is 1. The zero-order valence-electron chi connectivity index (χ0n) is 25.4. The quantitative estimate of drug-likeness (QED) is 0.257. The molecule has 0 bridgehead atoms. The van der Waals surface area contributed by atoms with Gasteiger partial charge >= 0.3 is 0 Å². The lowest BCUT2D eigenvalue weighted by Gasteiger charge is -2.39. The number of carbonyl (C=O) groups is 1. The topological polar surface area (TPSA) is 102 Å². The molecule has 1 saturated heterocycles. The van der Waals surface area contributed by atoms with Crippen molar-refractivity contribution in [1.29, 1.82) is 0 Å². The lowest BCUT2D eigenvalue weighted by atomic mass is 9.81. The van der Waals surface area contributed by atoms with Gasteiger partial charge in [0, 0.05) is 72.0 Å². The number of methoxy groups -OCH3 is 3. The van der Waals surface area contributed by atoms with Crippen molar-refractivity contribution in [3.8, 4) is 17.2 Å². The van der Waals surface area contributed by atoms with Crippen LogP contribution < -0.4 is 23.4 Å². The van der Waals surface area contributed by atoms with Gasteiger partial charge < -0.3 is 19.1 Å². The molecule has 46 heavy (non-hydrogen) atoms. The van der Waals surface area contributed by atoms with E-state index in [1.807, 2.05) is 30.3 Å². The lowest BCUT2D eigenvalue weighted by Crippen LogP contribution is -2.54. The van der Waals surface area contributed by atoms with Crippen molar-refractivity contribution in [3.63, 3.8) is 0 Å². The Morgan fingerprint density at radius 2 is 1.63 bits per heavy atom. The number of halogens is 1. The zero-order chi connectivity index (χ0) is 32.2. The Balaban J connectivity index is 1.42. The Bertz CT molecular complexity index is 1990. The molecule has 4 heterocycles. The van der Waals surface area contributed by atoms with E-state index in [0.29, 0.717) is 47.3 Å². The number of sulfonamides is 1. The van der Waals surface area contributed by atoms with Crippen LogP contribution in [0.2, 0.25) is 5.02 Å². The Kier molecular flexibility index (Phi) is 7.42. The fourth-order valence-electron chi connectivity index (χ4n) is 6.93. The summed E-state index contributed by atoms with van der Waals surface area (Å²) in [5.74, 6) is 0.361. The number of ether oxygens (including phenoxy) is 3. The third kappa shape index (κ3) is 4.44. The van der Waals surface area contributed by atoms with Crippen molar-refractivity contribution in [1.82, 2.24) is 9.88 Å². The van der Waals surface area contributed by atoms with Crippen LogP contribution in [0.4, 0.5) is 11.4 Å². The number of carbonyl (C=O) groups excluding carboxylic acids is 1. The van der Waals surface area contributed by atoms with Gasteiger partial charge in [-0.3, -0.25) is 14.7 Å². The summed E-state index contributed by atoms with van der Waals surface area (Å²) in [5, 5.41) is 0.370. The average molecular weight is 659 g/mol. The molecule has 10 nitrogen and oxygen atoms in total. The van der Waals surface area contributed by atoms with E-state index in [1.54, 1.807) is 36.7 Å². The summed E-state index contributed by atoms with van der Waals surface area (Å²) < 4.78 is 46.8. The number of hydrogen-bond donors (Lipinski definition) is 0. The second-order valence-corrected chi connectivity index (χ2v) is 13.5. The summed E-state index contributed by atoms with van der Waals surface area (Å²) in [6.45, 7) is 1.62. The highest BCUT2D eigenvalue weighted by molar-refractivity contribution is 7.93. The molecular formula is C34H31ClN4O6S. The molecule has 0 saturated carbocycles. The van der Waals surface area contributed by atoms with Crippen LogP contribution in [0.25, 0.3) is 0 Å². The number of nitrogens with zero attached hydrogens (tertiary/aromatic N) is 4. The third-order valence-corrected chi connectivity index (χ3v) is 11.0. The Morgan fingerprint density at radius 3 is 2.35 bits per heavy atom. The van der Waals surface area contributed by atoms with Gasteiger partial charge in [0.25, 0.3) is 15.9 Å². The van der Waals surface area contributed by atoms with Gasteiger partial charge in [-0.15, -0.1) is 0 Å². The molecule has 4 aromatic rings. The second-order valence-electron chi connectivity index (χ2n) is 11.3. The predicted octanol–water partition coefficient (Wildman–Crippen LogP) is 5.08. The van der Waals surface area contributed by atoms with Gasteiger partial charge in [-0.1, -0.05) is 29.8 Å². The standard InChI is InChI=1S/C34H31ClN4O6S/c1-43-26-9-11-32(31(17-26)45-3)46(41,42)39-29-10-8-24(35)16-28(29)34(33(39)40,27-6-4-5-7-30(27)44-2)38-20-22-18-37(19-23(22)21-38)25-12-14-36-15-13-25/h4-18,23H,19-21H2,1-3H3. The maximum Gasteiger partial charge on any atom is 0.274 e. The van der Waals surface area contributed by atoms with E-state index in [0.717, 1.165) is 15.6 Å². The number of likely N-dealkylation sites (tertiary alicyclic amines) is 1. The summed E-state index contributed by atoms with van der Waals surface area (Å²) in [7, 11) is -0.121. The monoisotopic (exact) mass is 658 g/mol. The van der Waals surface area contributed by atoms with Crippen molar-refractivity contribution in [2.45, 2.75) is 10.4 Å². The first kappa shape index (κ1) is 30.1. The van der Waals surface area contributed by atoms with Crippen LogP contribution in [0.3, 0.4) is 0 Å². The van der Waals surface area contributed by atoms with Gasteiger partial charge in [0.15, 0.2) is 5.54 Å². The van der Waals surface area contributed by atoms with Gasteiger partial charge in [-0.2, -0.15) is 0 Å². The Morgan fingerprint density at radius 1 is 0.870 bits per heavy atom. The molecule has 3 aliphatic rings. The minimum atomic E-state index is -4.51. The fourth-order valence-corrected chi connectivity index (χ4v) is 8.71. The number of benzene rings is 3. The summed E-state index contributed by atoms with van der Waals surface area (Å²) in [6.07, 6.45) is 5.64. The van der Waals surface area contributed by atoms with Crippen molar-refractivity contribution >= 4 is 38.9 Å². The van der Waals surface area contributed by atoms with Crippen LogP contribution in [0.1, 0.15) is 11.1 Å². The number of rotatable bonds is 8. The van der Waals surface area contributed by atoms with E-state index in [1.165, 1.54) is 39.5 Å². The number of amides is 1. The molecule has 2 unspecified atom stereocenters. The number of fused-ring (bicyclic) bond motifs is 2. The zero-order valence-corrected chi connectivity index (χ0v) is 27.0. The number of anilines is 2. The minimum absolute atomic E-state index is 0.0505. The Labute approximate surface area is 272 Å². The highest BCUT2D eigenvalue weighted by atomic mass is 35.5. The molecule has 0 radical (unpaired) electrons. The smallest absolute Gasteiger partial charge is 0.274 e. The van der Waals surface area contributed by atoms with E-state index >= 15 is 4.79 Å². The van der Waals surface area contributed by atoms with Gasteiger partial charge in [0.2, 0.25) is 0 Å². The normalized spacial score (nSPS) is 20.8. The molecule has 7 rings (SSSR count). The van der Waals surface area contributed by atoms with Crippen molar-refractivity contribution in [2.24, 2.45) is 5.92 Å². The SMILES string of the molecule is COc1ccc(S(=O)(=O)N2C(=O)C(c3ccccc3OC)(N3CC4=CN(c5ccncc5)CC4C3)c3cc(Cl)ccc32)c(OC)c1. The maximum atomic E-state index is 15.3. The first-order valence-electron chi connectivity index (χ1n) is 14.6. The van der Waals surface area contributed by atoms with Crippen molar-refractivity contribution in [3.05, 3.63) is 113 Å². The van der Waals surface area contributed by atoms with Crippen molar-refractivity contribution in [2.75, 3.05) is 50.2 Å². The number of pyridine rings is 1. The van der Waals surface area contributed by atoms with E-state index in [-0.39, 0.29) is 22.3 Å². The molecule has 0 aliphatic carbocycles. The van der Waals surface area contributed by atoms with Gasteiger partial charge in [0.05, 0.1) is 27.0 Å². The molecule has 1 aromatic heterocycles. The molecule has 0 N–H and O–H groups in total. The molecule has 1 fully saturated rings. The minimum Gasteiger partial charge on any atom is -0.497 e. The summed E-state index contributed by atoms with van der Waals surface area (Å²) in [5.41, 5.74) is 1.78. The average Bonchev–Trinajstić information content (AvgIpc) is 3.73. The van der Waals surface area contributed by atoms with E-state index in [4.69, 9.17) is 25.8 Å². The molecule has 12 heteroatoms. The molecule has 1 amide bonds. The van der Waals surface area contributed by atoms with Crippen molar-refractivity contribution < 1.29 is 27.4 Å². The molecule has 3 aromatic carbocycles. The predicted molar refractivity (Wildman–Crippen MR) is 174 cm³/mol. The van der Waals surface area contributed by atoms with Crippen LogP contribution in [-0.4, -0.2) is 65.2 Å². The summed E-state index contributed by atoms with van der Waals surface area (Å²) >= 11 is 6.62. The van der Waals surface area contributed by atoms with Crippen LogP contribution in [0.5, 0.6) is 17.2 Å².